The van der Waals surface area contributed by atoms with E-state index in [0.29, 0.717) is 23.7 Å². The summed E-state index contributed by atoms with van der Waals surface area (Å²) in [6.07, 6.45) is 13.3. The first kappa shape index (κ1) is 35.4. The fraction of sp³-hybridized carbons (Fsp3) is 0.805. The Kier molecular flexibility index (Phi) is 8.52. The third-order valence-corrected chi connectivity index (χ3v) is 15.9. The summed E-state index contributed by atoms with van der Waals surface area (Å²) in [6.45, 7) is 19.7. The van der Waals surface area contributed by atoms with Gasteiger partial charge in [0.05, 0.1) is 28.5 Å². The first-order chi connectivity index (χ1) is 22.2. The van der Waals surface area contributed by atoms with E-state index in [0.717, 1.165) is 57.1 Å². The number of pyridine rings is 1. The second-order valence-electron chi connectivity index (χ2n) is 19.3. The number of aromatic nitrogens is 1. The number of rotatable bonds is 7. The number of ether oxygens (including phenoxy) is 1. The SMILES string of the molecule is CC(C)(CC(=O)OC1CCC2(C)C(CCC3(C)C2CCC2C4CCCC4(C(=O)NC(C)(C)c4ccccn4)CC[C@]23C)C1(C)C)C(=O)O. The Morgan fingerprint density at radius 2 is 1.58 bits per heavy atom. The molecule has 0 aliphatic heterocycles. The van der Waals surface area contributed by atoms with E-state index in [1.165, 1.54) is 19.3 Å². The number of nitrogens with zero attached hydrogens (tertiary/aromatic N) is 1. The van der Waals surface area contributed by atoms with Gasteiger partial charge in [0.25, 0.3) is 0 Å². The molecule has 0 aromatic carbocycles. The van der Waals surface area contributed by atoms with Crippen molar-refractivity contribution in [1.29, 1.82) is 0 Å². The molecule has 7 nitrogen and oxygen atoms in total. The molecule has 0 spiro atoms. The molecule has 5 fully saturated rings. The molecule has 266 valence electrons. The van der Waals surface area contributed by atoms with Crippen LogP contribution in [-0.4, -0.2) is 34.0 Å². The Bertz CT molecular complexity index is 1440. The first-order valence-corrected chi connectivity index (χ1v) is 18.9. The topological polar surface area (TPSA) is 106 Å². The van der Waals surface area contributed by atoms with Gasteiger partial charge >= 0.3 is 11.9 Å². The monoisotopic (exact) mass is 662 g/mol. The number of carboxylic acids is 1. The van der Waals surface area contributed by atoms with Gasteiger partial charge in [0, 0.05) is 11.6 Å². The van der Waals surface area contributed by atoms with Crippen LogP contribution >= 0.6 is 0 Å². The van der Waals surface area contributed by atoms with Gasteiger partial charge in [0.15, 0.2) is 0 Å². The van der Waals surface area contributed by atoms with Crippen LogP contribution in [0.3, 0.4) is 0 Å². The van der Waals surface area contributed by atoms with E-state index in [9.17, 15) is 19.5 Å². The zero-order valence-electron chi connectivity index (χ0n) is 31.2. The highest BCUT2D eigenvalue weighted by Gasteiger charge is 2.71. The lowest BCUT2D eigenvalue weighted by molar-refractivity contribution is -0.247. The summed E-state index contributed by atoms with van der Waals surface area (Å²) in [5, 5.41) is 13.1. The van der Waals surface area contributed by atoms with Crippen LogP contribution < -0.4 is 5.32 Å². The number of aliphatic carboxylic acids is 1. The van der Waals surface area contributed by atoms with Crippen molar-refractivity contribution in [2.24, 2.45) is 56.2 Å². The summed E-state index contributed by atoms with van der Waals surface area (Å²) < 4.78 is 6.15. The van der Waals surface area contributed by atoms with Gasteiger partial charge < -0.3 is 15.2 Å². The standard InChI is InChI=1S/C41H62N2O5/c1-35(2,34(46)47)25-32(44)48-31-18-20-38(7)28(36(31,3)4)17-21-40(9)29(38)16-15-26-27-13-12-19-41(27,23-22-39(26,40)8)33(45)43-37(5,6)30-14-10-11-24-42-30/h10-11,14,24,26-29,31H,12-13,15-23,25H2,1-9H3,(H,43,45)(H,46,47)/t26?,27?,28?,29?,31?,38?,39-,40?,41?/m1/s1. The maximum absolute atomic E-state index is 14.5. The summed E-state index contributed by atoms with van der Waals surface area (Å²) in [7, 11) is 0. The number of carboxylic acid groups (broad SMARTS) is 1. The van der Waals surface area contributed by atoms with Crippen LogP contribution in [0.4, 0.5) is 0 Å². The molecule has 5 aliphatic rings. The van der Waals surface area contributed by atoms with Crippen LogP contribution in [0, 0.1) is 56.2 Å². The minimum Gasteiger partial charge on any atom is -0.481 e. The minimum atomic E-state index is -1.14. The number of carbonyl (C=O) groups excluding carboxylic acids is 2. The molecule has 5 aliphatic carbocycles. The van der Waals surface area contributed by atoms with Crippen molar-refractivity contribution >= 4 is 17.8 Å². The molecule has 48 heavy (non-hydrogen) atoms. The third kappa shape index (κ3) is 5.17. The number of esters is 1. The lowest BCUT2D eigenvalue weighted by Crippen LogP contribution is -2.67. The van der Waals surface area contributed by atoms with Gasteiger partial charge in [-0.2, -0.15) is 0 Å². The largest absolute Gasteiger partial charge is 0.481 e. The number of nitrogens with one attached hydrogen (secondary N) is 1. The Morgan fingerprint density at radius 3 is 2.25 bits per heavy atom. The molecule has 8 unspecified atom stereocenters. The van der Waals surface area contributed by atoms with Gasteiger partial charge in [-0.15, -0.1) is 0 Å². The molecule has 1 aromatic rings. The average molecular weight is 663 g/mol. The molecule has 9 atom stereocenters. The summed E-state index contributed by atoms with van der Waals surface area (Å²) in [5.41, 5.74) is -0.746. The zero-order valence-corrected chi connectivity index (χ0v) is 31.2. The molecule has 5 saturated carbocycles. The first-order valence-electron chi connectivity index (χ1n) is 18.9. The van der Waals surface area contributed by atoms with E-state index in [1.807, 2.05) is 24.4 Å². The van der Waals surface area contributed by atoms with Gasteiger partial charge in [-0.3, -0.25) is 19.4 Å². The molecule has 1 amide bonds. The van der Waals surface area contributed by atoms with Crippen molar-refractivity contribution < 1.29 is 24.2 Å². The summed E-state index contributed by atoms with van der Waals surface area (Å²) in [5.74, 6) is 0.841. The highest BCUT2D eigenvalue weighted by molar-refractivity contribution is 5.84. The van der Waals surface area contributed by atoms with Crippen LogP contribution in [0.1, 0.15) is 145 Å². The quantitative estimate of drug-likeness (QED) is 0.283. The summed E-state index contributed by atoms with van der Waals surface area (Å²) in [6, 6.07) is 5.93. The fourth-order valence-corrected chi connectivity index (χ4v) is 13.0. The fourth-order valence-electron chi connectivity index (χ4n) is 13.0. The Labute approximate surface area is 289 Å². The molecular weight excluding hydrogens is 600 g/mol. The smallest absolute Gasteiger partial charge is 0.309 e. The van der Waals surface area contributed by atoms with Crippen LogP contribution in [0.2, 0.25) is 0 Å². The summed E-state index contributed by atoms with van der Waals surface area (Å²) in [4.78, 5) is 43.8. The molecule has 0 saturated heterocycles. The van der Waals surface area contributed by atoms with Crippen molar-refractivity contribution in [1.82, 2.24) is 10.3 Å². The molecule has 0 bridgehead atoms. The Morgan fingerprint density at radius 1 is 0.854 bits per heavy atom. The lowest BCUT2D eigenvalue weighted by Gasteiger charge is -2.72. The van der Waals surface area contributed by atoms with Crippen molar-refractivity contribution in [3.8, 4) is 0 Å². The van der Waals surface area contributed by atoms with E-state index in [-0.39, 0.29) is 45.5 Å². The van der Waals surface area contributed by atoms with Gasteiger partial charge in [-0.25, -0.2) is 0 Å². The second kappa shape index (κ2) is 11.5. The van der Waals surface area contributed by atoms with Gasteiger partial charge in [0.1, 0.15) is 6.10 Å². The van der Waals surface area contributed by atoms with Crippen LogP contribution in [0.15, 0.2) is 24.4 Å². The van der Waals surface area contributed by atoms with Gasteiger partial charge in [-0.1, -0.05) is 47.1 Å². The van der Waals surface area contributed by atoms with Crippen molar-refractivity contribution in [2.45, 2.75) is 151 Å². The van der Waals surface area contributed by atoms with Crippen LogP contribution in [0.5, 0.6) is 0 Å². The van der Waals surface area contributed by atoms with Crippen LogP contribution in [-0.2, 0) is 24.7 Å². The molecule has 7 heteroatoms. The van der Waals surface area contributed by atoms with E-state index in [2.05, 4.69) is 58.8 Å². The van der Waals surface area contributed by atoms with Crippen molar-refractivity contribution in [3.05, 3.63) is 30.1 Å². The highest BCUT2D eigenvalue weighted by Crippen LogP contribution is 2.77. The summed E-state index contributed by atoms with van der Waals surface area (Å²) >= 11 is 0. The predicted octanol–water partition coefficient (Wildman–Crippen LogP) is 8.70. The van der Waals surface area contributed by atoms with Crippen LogP contribution in [0.25, 0.3) is 0 Å². The Balaban J connectivity index is 1.22. The van der Waals surface area contributed by atoms with Crippen molar-refractivity contribution in [3.63, 3.8) is 0 Å². The molecule has 1 heterocycles. The third-order valence-electron chi connectivity index (χ3n) is 15.9. The van der Waals surface area contributed by atoms with E-state index in [4.69, 9.17) is 4.74 Å². The van der Waals surface area contributed by atoms with Gasteiger partial charge in [0.2, 0.25) is 5.91 Å². The van der Waals surface area contributed by atoms with Gasteiger partial charge in [-0.05, 0) is 144 Å². The average Bonchev–Trinajstić information content (AvgIpc) is 3.45. The van der Waals surface area contributed by atoms with E-state index < -0.39 is 22.9 Å². The number of carbonyl (C=O) groups is 3. The van der Waals surface area contributed by atoms with Crippen molar-refractivity contribution in [2.75, 3.05) is 0 Å². The molecule has 6 rings (SSSR count). The lowest BCUT2D eigenvalue weighted by atomic mass is 9.32. The Hall–Kier alpha value is -2.44. The maximum Gasteiger partial charge on any atom is 0.309 e. The minimum absolute atomic E-state index is 0.112. The van der Waals surface area contributed by atoms with E-state index in [1.54, 1.807) is 13.8 Å². The second-order valence-corrected chi connectivity index (χ2v) is 19.3. The number of fused-ring (bicyclic) bond motifs is 7. The normalized spacial score (nSPS) is 40.4. The molecule has 0 radical (unpaired) electrons. The highest BCUT2D eigenvalue weighted by atomic mass is 16.5. The number of amides is 1. The molecule has 2 N–H and O–H groups in total. The van der Waals surface area contributed by atoms with E-state index >= 15 is 0 Å². The number of hydrogen-bond donors (Lipinski definition) is 2. The molecular formula is C41H62N2O5. The zero-order chi connectivity index (χ0) is 35.1. The maximum atomic E-state index is 14.5. The predicted molar refractivity (Wildman–Crippen MR) is 187 cm³/mol. The molecule has 1 aromatic heterocycles. The number of hydrogen-bond acceptors (Lipinski definition) is 5.